The molecule has 0 unspecified atom stereocenters. The maximum absolute atomic E-state index is 5.34. The van der Waals surface area contributed by atoms with E-state index in [4.69, 9.17) is 18.0 Å². The van der Waals surface area contributed by atoms with Gasteiger partial charge < -0.3 is 5.73 Å². The second kappa shape index (κ2) is 5.63. The van der Waals surface area contributed by atoms with Crippen LogP contribution in [0.3, 0.4) is 0 Å². The van der Waals surface area contributed by atoms with Crippen molar-refractivity contribution in [3.8, 4) is 5.95 Å². The number of nitrogens with one attached hydrogen (secondary N) is 1. The molecule has 0 saturated heterocycles. The van der Waals surface area contributed by atoms with Crippen molar-refractivity contribution in [2.45, 2.75) is 0 Å². The van der Waals surface area contributed by atoms with Gasteiger partial charge in [0.1, 0.15) is 6.33 Å². The van der Waals surface area contributed by atoms with Crippen LogP contribution >= 0.6 is 12.2 Å². The summed E-state index contributed by atoms with van der Waals surface area (Å²) in [6, 6.07) is 7.67. The van der Waals surface area contributed by atoms with E-state index in [9.17, 15) is 0 Å². The van der Waals surface area contributed by atoms with Crippen LogP contribution in [0.2, 0.25) is 0 Å². The molecule has 0 aliphatic carbocycles. The van der Waals surface area contributed by atoms with Crippen LogP contribution in [0.15, 0.2) is 48.1 Å². The minimum Gasteiger partial charge on any atom is -0.375 e. The van der Waals surface area contributed by atoms with Gasteiger partial charge in [0, 0.05) is 17.8 Å². The maximum Gasteiger partial charge on any atom is 0.236 e. The molecule has 2 heterocycles. The lowest BCUT2D eigenvalue weighted by Gasteiger charge is -2.05. The Bertz CT molecular complexity index is 811. The zero-order valence-corrected chi connectivity index (χ0v) is 11.7. The monoisotopic (exact) mass is 297 g/mol. The van der Waals surface area contributed by atoms with Crippen molar-refractivity contribution in [3.63, 3.8) is 0 Å². The van der Waals surface area contributed by atoms with Crippen molar-refractivity contribution in [1.82, 2.24) is 24.9 Å². The van der Waals surface area contributed by atoms with E-state index in [0.29, 0.717) is 11.6 Å². The summed E-state index contributed by atoms with van der Waals surface area (Å²) in [6.45, 7) is 0. The molecule has 0 amide bonds. The molecule has 3 N–H and O–H groups in total. The van der Waals surface area contributed by atoms with E-state index in [0.717, 1.165) is 10.9 Å². The third-order valence-corrected chi connectivity index (χ3v) is 2.81. The average Bonchev–Trinajstić information content (AvgIpc) is 3.01. The average molecular weight is 297 g/mol. The zero-order chi connectivity index (χ0) is 14.7. The van der Waals surface area contributed by atoms with E-state index in [2.05, 4.69) is 25.5 Å². The SMILES string of the molecule is NC(=S)NN=Cc1nc(-n2ccnc2)nc2ccccc12. The van der Waals surface area contributed by atoms with Crippen LogP contribution in [-0.2, 0) is 0 Å². The third kappa shape index (κ3) is 2.84. The molecule has 7 nitrogen and oxygen atoms in total. The molecule has 0 bridgehead atoms. The Balaban J connectivity index is 2.11. The molecule has 0 aliphatic rings. The Labute approximate surface area is 125 Å². The van der Waals surface area contributed by atoms with E-state index in [-0.39, 0.29) is 5.11 Å². The third-order valence-electron chi connectivity index (χ3n) is 2.72. The smallest absolute Gasteiger partial charge is 0.236 e. The first-order valence-electron chi connectivity index (χ1n) is 6.07. The number of hydrazone groups is 1. The van der Waals surface area contributed by atoms with Crippen LogP contribution in [0.5, 0.6) is 0 Å². The zero-order valence-electron chi connectivity index (χ0n) is 10.8. The van der Waals surface area contributed by atoms with Crippen molar-refractivity contribution in [1.29, 1.82) is 0 Å². The molecule has 104 valence electrons. The number of rotatable bonds is 3. The van der Waals surface area contributed by atoms with Gasteiger partial charge in [0.05, 0.1) is 17.4 Å². The fraction of sp³-hybridized carbons (Fsp3) is 0. The molecular formula is C13H11N7S. The van der Waals surface area contributed by atoms with Crippen LogP contribution < -0.4 is 11.2 Å². The van der Waals surface area contributed by atoms with Gasteiger partial charge in [-0.25, -0.2) is 15.0 Å². The normalized spacial score (nSPS) is 11.0. The lowest BCUT2D eigenvalue weighted by atomic mass is 10.2. The molecule has 21 heavy (non-hydrogen) atoms. The van der Waals surface area contributed by atoms with Gasteiger partial charge in [-0.3, -0.25) is 9.99 Å². The predicted molar refractivity (Wildman–Crippen MR) is 84.2 cm³/mol. The quantitative estimate of drug-likeness (QED) is 0.425. The Morgan fingerprint density at radius 1 is 1.33 bits per heavy atom. The molecule has 0 fully saturated rings. The highest BCUT2D eigenvalue weighted by Gasteiger charge is 2.07. The topological polar surface area (TPSA) is 94.0 Å². The minimum absolute atomic E-state index is 0.0967. The number of hydrogen-bond donors (Lipinski definition) is 2. The van der Waals surface area contributed by atoms with Gasteiger partial charge in [-0.15, -0.1) is 0 Å². The number of aromatic nitrogens is 4. The Morgan fingerprint density at radius 3 is 2.95 bits per heavy atom. The molecule has 3 rings (SSSR count). The second-order valence-corrected chi connectivity index (χ2v) is 4.57. The minimum atomic E-state index is 0.0967. The lowest BCUT2D eigenvalue weighted by Crippen LogP contribution is -2.24. The molecular weight excluding hydrogens is 286 g/mol. The highest BCUT2D eigenvalue weighted by atomic mass is 32.1. The van der Waals surface area contributed by atoms with E-state index in [1.807, 2.05) is 24.3 Å². The van der Waals surface area contributed by atoms with E-state index >= 15 is 0 Å². The van der Waals surface area contributed by atoms with Crippen molar-refractivity contribution in [2.24, 2.45) is 10.8 Å². The molecule has 0 atom stereocenters. The molecule has 0 spiro atoms. The molecule has 0 saturated carbocycles. The maximum atomic E-state index is 5.34. The van der Waals surface area contributed by atoms with E-state index < -0.39 is 0 Å². The van der Waals surface area contributed by atoms with Crippen molar-refractivity contribution in [2.75, 3.05) is 0 Å². The van der Waals surface area contributed by atoms with Gasteiger partial charge in [-0.2, -0.15) is 5.10 Å². The summed E-state index contributed by atoms with van der Waals surface area (Å²) < 4.78 is 1.73. The largest absolute Gasteiger partial charge is 0.375 e. The summed E-state index contributed by atoms with van der Waals surface area (Å²) in [6.07, 6.45) is 6.64. The second-order valence-electron chi connectivity index (χ2n) is 4.13. The standard InChI is InChI=1S/C13H11N7S/c14-12(21)19-16-7-11-9-3-1-2-4-10(9)17-13(18-11)20-6-5-15-8-20/h1-8H,(H3,14,19,21). The summed E-state index contributed by atoms with van der Waals surface area (Å²) in [7, 11) is 0. The van der Waals surface area contributed by atoms with Gasteiger partial charge >= 0.3 is 0 Å². The summed E-state index contributed by atoms with van der Waals surface area (Å²) in [5.74, 6) is 0.517. The van der Waals surface area contributed by atoms with Crippen LogP contribution in [0.4, 0.5) is 0 Å². The fourth-order valence-electron chi connectivity index (χ4n) is 1.84. The number of benzene rings is 1. The van der Waals surface area contributed by atoms with Crippen molar-refractivity contribution < 1.29 is 0 Å². The predicted octanol–water partition coefficient (Wildman–Crippen LogP) is 0.983. The van der Waals surface area contributed by atoms with Gasteiger partial charge in [-0.1, -0.05) is 18.2 Å². The van der Waals surface area contributed by atoms with E-state index in [1.165, 1.54) is 0 Å². The molecule has 1 aromatic carbocycles. The number of hydrogen-bond acceptors (Lipinski definition) is 5. The Hall–Kier alpha value is -2.87. The summed E-state index contributed by atoms with van der Waals surface area (Å²) >= 11 is 4.71. The first kappa shape index (κ1) is 13.1. The van der Waals surface area contributed by atoms with Crippen LogP contribution in [0.1, 0.15) is 5.69 Å². The van der Waals surface area contributed by atoms with Gasteiger partial charge in [0.2, 0.25) is 5.95 Å². The number of para-hydroxylation sites is 1. The fourth-order valence-corrected chi connectivity index (χ4v) is 1.89. The van der Waals surface area contributed by atoms with Gasteiger partial charge in [0.25, 0.3) is 0 Å². The van der Waals surface area contributed by atoms with Crippen molar-refractivity contribution in [3.05, 3.63) is 48.7 Å². The van der Waals surface area contributed by atoms with Gasteiger partial charge in [0.15, 0.2) is 5.11 Å². The molecule has 2 aromatic heterocycles. The summed E-state index contributed by atoms with van der Waals surface area (Å²) in [5, 5.41) is 4.94. The summed E-state index contributed by atoms with van der Waals surface area (Å²) in [4.78, 5) is 13.0. The van der Waals surface area contributed by atoms with Gasteiger partial charge in [-0.05, 0) is 18.3 Å². The number of nitrogens with two attached hydrogens (primary N) is 1. The number of imidazole rings is 1. The highest BCUT2D eigenvalue weighted by molar-refractivity contribution is 7.80. The lowest BCUT2D eigenvalue weighted by molar-refractivity contribution is 0.936. The summed E-state index contributed by atoms with van der Waals surface area (Å²) in [5.41, 5.74) is 9.32. The first-order chi connectivity index (χ1) is 10.2. The highest BCUT2D eigenvalue weighted by Crippen LogP contribution is 2.15. The van der Waals surface area contributed by atoms with Crippen molar-refractivity contribution >= 4 is 34.4 Å². The first-order valence-corrected chi connectivity index (χ1v) is 6.48. The molecule has 3 aromatic rings. The number of nitrogens with zero attached hydrogens (tertiary/aromatic N) is 5. The number of fused-ring (bicyclic) bond motifs is 1. The van der Waals surface area contributed by atoms with Crippen LogP contribution in [0, 0.1) is 0 Å². The van der Waals surface area contributed by atoms with Crippen LogP contribution in [0.25, 0.3) is 16.9 Å². The Morgan fingerprint density at radius 2 is 2.19 bits per heavy atom. The molecule has 0 radical (unpaired) electrons. The van der Waals surface area contributed by atoms with Crippen LogP contribution in [-0.4, -0.2) is 30.8 Å². The van der Waals surface area contributed by atoms with E-state index in [1.54, 1.807) is 29.5 Å². The molecule has 8 heteroatoms. The number of thiocarbonyl (C=S) groups is 1. The molecule has 0 aliphatic heterocycles. The Kier molecular flexibility index (Phi) is 3.52.